The zero-order chi connectivity index (χ0) is 23.1. The number of carbonyl (C=O) groups is 2. The molecular weight excluding hydrogens is 412 g/mol. The predicted octanol–water partition coefficient (Wildman–Crippen LogP) is 3.43. The number of hydrogen-bond acceptors (Lipinski definition) is 6. The zero-order valence-electron chi connectivity index (χ0n) is 19.0. The number of carbonyl (C=O) groups excluding carboxylic acids is 2. The summed E-state index contributed by atoms with van der Waals surface area (Å²) in [5.41, 5.74) is 1.15. The zero-order valence-corrected chi connectivity index (χ0v) is 19.0. The monoisotopic (exact) mass is 442 g/mol. The Hall–Kier alpha value is -3.42. The van der Waals surface area contributed by atoms with Gasteiger partial charge in [-0.25, -0.2) is 0 Å². The molecule has 1 atom stereocenters. The summed E-state index contributed by atoms with van der Waals surface area (Å²) < 4.78 is 22.2. The van der Waals surface area contributed by atoms with Crippen molar-refractivity contribution in [1.29, 1.82) is 0 Å². The van der Waals surface area contributed by atoms with E-state index in [-0.39, 0.29) is 24.3 Å². The van der Waals surface area contributed by atoms with Crippen molar-refractivity contribution >= 4 is 17.5 Å². The Morgan fingerprint density at radius 1 is 1.00 bits per heavy atom. The molecule has 32 heavy (non-hydrogen) atoms. The minimum Gasteiger partial charge on any atom is -0.497 e. The number of nitrogens with one attached hydrogen (secondary N) is 1. The lowest BCUT2D eigenvalue weighted by Crippen LogP contribution is -2.37. The first-order chi connectivity index (χ1) is 15.5. The van der Waals surface area contributed by atoms with Crippen molar-refractivity contribution in [1.82, 2.24) is 5.32 Å². The second kappa shape index (κ2) is 10.7. The van der Waals surface area contributed by atoms with Crippen LogP contribution in [0, 0.1) is 0 Å². The molecule has 0 spiro atoms. The van der Waals surface area contributed by atoms with Crippen molar-refractivity contribution in [2.24, 2.45) is 0 Å². The highest BCUT2D eigenvalue weighted by Crippen LogP contribution is 2.39. The number of anilines is 1. The van der Waals surface area contributed by atoms with E-state index in [4.69, 9.17) is 18.9 Å². The van der Waals surface area contributed by atoms with Gasteiger partial charge in [-0.15, -0.1) is 0 Å². The van der Waals surface area contributed by atoms with E-state index in [1.165, 1.54) is 0 Å². The fraction of sp³-hybridized carbons (Fsp3) is 0.417. The molecule has 2 aromatic rings. The van der Waals surface area contributed by atoms with Crippen LogP contribution in [0.4, 0.5) is 5.69 Å². The number of ether oxygens (including phenoxy) is 4. The van der Waals surface area contributed by atoms with Gasteiger partial charge in [-0.3, -0.25) is 9.59 Å². The normalized spacial score (nSPS) is 15.4. The van der Waals surface area contributed by atoms with Gasteiger partial charge < -0.3 is 29.2 Å². The molecule has 1 aliphatic rings. The molecule has 1 N–H and O–H groups in total. The summed E-state index contributed by atoms with van der Waals surface area (Å²) in [6.07, 6.45) is 0.228. The van der Waals surface area contributed by atoms with Crippen LogP contribution in [0.1, 0.15) is 37.6 Å². The summed E-state index contributed by atoms with van der Waals surface area (Å²) >= 11 is 0. The number of methoxy groups -OCH3 is 1. The first-order valence-electron chi connectivity index (χ1n) is 10.8. The summed E-state index contributed by atoms with van der Waals surface area (Å²) in [7, 11) is 1.59. The standard InChI is InChI=1S/C24H30N2O6/c1-5-30-20-12-16(13-21(31-6-2)23(20)32-7-3)24(28)25-17-14-22(27)26(15-17)18-8-10-19(29-4)11-9-18/h8-13,17H,5-7,14-15H2,1-4H3,(H,25,28). The third-order valence-electron chi connectivity index (χ3n) is 5.02. The molecule has 3 rings (SSSR count). The molecule has 2 aromatic carbocycles. The smallest absolute Gasteiger partial charge is 0.251 e. The fourth-order valence-electron chi connectivity index (χ4n) is 3.60. The second-order valence-corrected chi connectivity index (χ2v) is 7.18. The maximum atomic E-state index is 13.0. The van der Waals surface area contributed by atoms with E-state index >= 15 is 0 Å². The number of hydrogen-bond donors (Lipinski definition) is 1. The van der Waals surface area contributed by atoms with Gasteiger partial charge in [0.2, 0.25) is 11.7 Å². The van der Waals surface area contributed by atoms with E-state index in [1.54, 1.807) is 36.3 Å². The molecule has 1 saturated heterocycles. The first kappa shape index (κ1) is 23.2. The SMILES string of the molecule is CCOc1cc(C(=O)NC2CC(=O)N(c3ccc(OC)cc3)C2)cc(OCC)c1OCC. The van der Waals surface area contributed by atoms with Crippen LogP contribution in [-0.4, -0.2) is 51.3 Å². The third-order valence-corrected chi connectivity index (χ3v) is 5.02. The van der Waals surface area contributed by atoms with Gasteiger partial charge in [0, 0.05) is 24.2 Å². The lowest BCUT2D eigenvalue weighted by Gasteiger charge is -2.19. The van der Waals surface area contributed by atoms with Crippen LogP contribution >= 0.6 is 0 Å². The molecule has 0 saturated carbocycles. The maximum absolute atomic E-state index is 13.0. The number of nitrogens with zero attached hydrogens (tertiary/aromatic N) is 1. The van der Waals surface area contributed by atoms with Gasteiger partial charge in [-0.1, -0.05) is 0 Å². The van der Waals surface area contributed by atoms with E-state index in [0.717, 1.165) is 11.4 Å². The van der Waals surface area contributed by atoms with Crippen molar-refractivity contribution < 1.29 is 28.5 Å². The molecule has 0 aromatic heterocycles. The molecule has 2 amide bonds. The first-order valence-corrected chi connectivity index (χ1v) is 10.8. The van der Waals surface area contributed by atoms with Gasteiger partial charge in [-0.05, 0) is 57.2 Å². The average Bonchev–Trinajstić information content (AvgIpc) is 3.15. The summed E-state index contributed by atoms with van der Waals surface area (Å²) in [5.74, 6) is 1.76. The van der Waals surface area contributed by atoms with Crippen LogP contribution in [0.3, 0.4) is 0 Å². The van der Waals surface area contributed by atoms with Crippen LogP contribution < -0.4 is 29.2 Å². The van der Waals surface area contributed by atoms with E-state index in [1.807, 2.05) is 32.9 Å². The topological polar surface area (TPSA) is 86.3 Å². The molecule has 172 valence electrons. The molecule has 1 aliphatic heterocycles. The summed E-state index contributed by atoms with van der Waals surface area (Å²) in [4.78, 5) is 27.2. The quantitative estimate of drug-likeness (QED) is 0.607. The molecule has 1 unspecified atom stereocenters. The second-order valence-electron chi connectivity index (χ2n) is 7.18. The Morgan fingerprint density at radius 3 is 2.12 bits per heavy atom. The molecule has 0 bridgehead atoms. The Kier molecular flexibility index (Phi) is 7.81. The third kappa shape index (κ3) is 5.25. The minimum absolute atomic E-state index is 0.0443. The minimum atomic E-state index is -0.310. The molecule has 1 heterocycles. The Balaban J connectivity index is 1.76. The van der Waals surface area contributed by atoms with Gasteiger partial charge in [0.1, 0.15) is 5.75 Å². The summed E-state index contributed by atoms with van der Waals surface area (Å²) in [6.45, 7) is 7.27. The van der Waals surface area contributed by atoms with Crippen molar-refractivity contribution in [2.75, 3.05) is 38.4 Å². The summed E-state index contributed by atoms with van der Waals surface area (Å²) in [5, 5.41) is 2.96. The van der Waals surface area contributed by atoms with Crippen LogP contribution in [0.25, 0.3) is 0 Å². The lowest BCUT2D eigenvalue weighted by atomic mass is 10.1. The molecular formula is C24H30N2O6. The Bertz CT molecular complexity index is 917. The van der Waals surface area contributed by atoms with Crippen molar-refractivity contribution in [3.8, 4) is 23.0 Å². The van der Waals surface area contributed by atoms with E-state index < -0.39 is 0 Å². The Morgan fingerprint density at radius 2 is 1.59 bits per heavy atom. The van der Waals surface area contributed by atoms with Gasteiger partial charge in [0.25, 0.3) is 5.91 Å². The lowest BCUT2D eigenvalue weighted by molar-refractivity contribution is -0.117. The van der Waals surface area contributed by atoms with Gasteiger partial charge >= 0.3 is 0 Å². The number of amides is 2. The van der Waals surface area contributed by atoms with Gasteiger partial charge in [0.15, 0.2) is 11.5 Å². The van der Waals surface area contributed by atoms with Crippen LogP contribution in [-0.2, 0) is 4.79 Å². The van der Waals surface area contributed by atoms with Crippen molar-refractivity contribution in [3.05, 3.63) is 42.0 Å². The highest BCUT2D eigenvalue weighted by atomic mass is 16.5. The number of benzene rings is 2. The number of rotatable bonds is 10. The van der Waals surface area contributed by atoms with Gasteiger partial charge in [0.05, 0.1) is 33.0 Å². The highest BCUT2D eigenvalue weighted by Gasteiger charge is 2.32. The molecule has 1 fully saturated rings. The van der Waals surface area contributed by atoms with Crippen molar-refractivity contribution in [3.63, 3.8) is 0 Å². The molecule has 8 heteroatoms. The molecule has 8 nitrogen and oxygen atoms in total. The van der Waals surface area contributed by atoms with Crippen LogP contribution in [0.15, 0.2) is 36.4 Å². The average molecular weight is 443 g/mol. The van der Waals surface area contributed by atoms with E-state index in [0.29, 0.717) is 49.2 Å². The Labute approximate surface area is 188 Å². The van der Waals surface area contributed by atoms with Crippen LogP contribution in [0.2, 0.25) is 0 Å². The summed E-state index contributed by atoms with van der Waals surface area (Å²) in [6, 6.07) is 10.2. The highest BCUT2D eigenvalue weighted by molar-refractivity contribution is 5.99. The molecule has 0 radical (unpaired) electrons. The predicted molar refractivity (Wildman–Crippen MR) is 121 cm³/mol. The van der Waals surface area contributed by atoms with Crippen molar-refractivity contribution in [2.45, 2.75) is 33.2 Å². The fourth-order valence-corrected chi connectivity index (χ4v) is 3.60. The van der Waals surface area contributed by atoms with E-state index in [2.05, 4.69) is 5.32 Å². The largest absolute Gasteiger partial charge is 0.497 e. The maximum Gasteiger partial charge on any atom is 0.251 e. The van der Waals surface area contributed by atoms with E-state index in [9.17, 15) is 9.59 Å². The van der Waals surface area contributed by atoms with Gasteiger partial charge in [-0.2, -0.15) is 0 Å². The van der Waals surface area contributed by atoms with Crippen LogP contribution in [0.5, 0.6) is 23.0 Å². The molecule has 0 aliphatic carbocycles.